The third kappa shape index (κ3) is 2.34. The molecule has 0 aromatic carbocycles. The fraction of sp³-hybridized carbons (Fsp3) is 0.800. The predicted molar refractivity (Wildman–Crippen MR) is 31.7 cm³/mol. The number of hydrogen-bond donors (Lipinski definition) is 2. The van der Waals surface area contributed by atoms with Crippen molar-refractivity contribution in [2.24, 2.45) is 5.73 Å². The van der Waals surface area contributed by atoms with Gasteiger partial charge in [-0.25, -0.2) is 0 Å². The van der Waals surface area contributed by atoms with Crippen molar-refractivity contribution in [1.82, 2.24) is 0 Å². The first-order valence-electron chi connectivity index (χ1n) is 2.51. The van der Waals surface area contributed by atoms with E-state index in [0.29, 0.717) is 5.71 Å². The van der Waals surface area contributed by atoms with Crippen molar-refractivity contribution in [2.45, 2.75) is 26.3 Å². The van der Waals surface area contributed by atoms with Crippen molar-refractivity contribution in [3.8, 4) is 0 Å². The van der Waals surface area contributed by atoms with Crippen molar-refractivity contribution in [1.29, 1.82) is 5.41 Å². The average molecular weight is 100 g/mol. The van der Waals surface area contributed by atoms with Crippen molar-refractivity contribution in [3.05, 3.63) is 0 Å². The second kappa shape index (κ2) is 2.75. The van der Waals surface area contributed by atoms with Crippen LogP contribution in [0.2, 0.25) is 0 Å². The maximum Gasteiger partial charge on any atom is 0.0394 e. The summed E-state index contributed by atoms with van der Waals surface area (Å²) in [5.74, 6) is 0. The summed E-state index contributed by atoms with van der Waals surface area (Å²) in [5, 5.41) is 7.07. The molecule has 0 aromatic rings. The van der Waals surface area contributed by atoms with E-state index < -0.39 is 0 Å². The Kier molecular flexibility index (Phi) is 2.60. The first kappa shape index (κ1) is 6.63. The molecule has 2 nitrogen and oxygen atoms in total. The number of hydrogen-bond acceptors (Lipinski definition) is 2. The summed E-state index contributed by atoms with van der Waals surface area (Å²) >= 11 is 0. The molecular formula is C5H12N2. The number of nitrogens with two attached hydrogens (primary N) is 1. The Balaban J connectivity index is 3.35. The van der Waals surface area contributed by atoms with E-state index in [2.05, 4.69) is 0 Å². The molecule has 3 N–H and O–H groups in total. The van der Waals surface area contributed by atoms with E-state index >= 15 is 0 Å². The second-order valence-electron chi connectivity index (χ2n) is 1.67. The van der Waals surface area contributed by atoms with Gasteiger partial charge in [0.25, 0.3) is 0 Å². The van der Waals surface area contributed by atoms with Crippen LogP contribution in [0.1, 0.15) is 20.3 Å². The van der Waals surface area contributed by atoms with Crippen LogP contribution in [0, 0.1) is 5.41 Å². The zero-order valence-electron chi connectivity index (χ0n) is 4.86. The second-order valence-corrected chi connectivity index (χ2v) is 1.67. The van der Waals surface area contributed by atoms with E-state index in [-0.39, 0.29) is 6.04 Å². The lowest BCUT2D eigenvalue weighted by Crippen LogP contribution is -2.24. The molecule has 0 unspecified atom stereocenters. The summed E-state index contributed by atoms with van der Waals surface area (Å²) in [5.41, 5.74) is 5.95. The quantitative estimate of drug-likeness (QED) is 0.494. The minimum atomic E-state index is -0.0509. The molecule has 7 heavy (non-hydrogen) atoms. The van der Waals surface area contributed by atoms with Crippen LogP contribution in [0.3, 0.4) is 0 Å². The molecule has 0 amide bonds. The lowest BCUT2D eigenvalue weighted by Gasteiger charge is -2.01. The van der Waals surface area contributed by atoms with Crippen LogP contribution in [0.25, 0.3) is 0 Å². The van der Waals surface area contributed by atoms with Gasteiger partial charge in [0.1, 0.15) is 0 Å². The summed E-state index contributed by atoms with van der Waals surface area (Å²) in [6.45, 7) is 3.76. The van der Waals surface area contributed by atoms with Crippen molar-refractivity contribution in [2.75, 3.05) is 0 Å². The lowest BCUT2D eigenvalue weighted by atomic mass is 10.2. The van der Waals surface area contributed by atoms with Gasteiger partial charge in [-0.2, -0.15) is 0 Å². The summed E-state index contributed by atoms with van der Waals surface area (Å²) in [4.78, 5) is 0. The molecule has 42 valence electrons. The molecule has 0 spiro atoms. The highest BCUT2D eigenvalue weighted by atomic mass is 14.7. The number of rotatable bonds is 2. The van der Waals surface area contributed by atoms with Gasteiger partial charge in [0.2, 0.25) is 0 Å². The molecule has 2 heteroatoms. The van der Waals surface area contributed by atoms with Gasteiger partial charge in [-0.05, 0) is 13.3 Å². The Morgan fingerprint density at radius 2 is 2.29 bits per heavy atom. The molecule has 0 aliphatic heterocycles. The van der Waals surface area contributed by atoms with Crippen LogP contribution >= 0.6 is 0 Å². The molecule has 1 atom stereocenters. The molecule has 0 rings (SSSR count). The highest BCUT2D eigenvalue weighted by Gasteiger charge is 1.96. The summed E-state index contributed by atoms with van der Waals surface area (Å²) < 4.78 is 0. The lowest BCUT2D eigenvalue weighted by molar-refractivity contribution is 0.930. The smallest absolute Gasteiger partial charge is 0.0394 e. The molecule has 0 fully saturated rings. The summed E-state index contributed by atoms with van der Waals surface area (Å²) in [7, 11) is 0. The summed E-state index contributed by atoms with van der Waals surface area (Å²) in [6.07, 6.45) is 0.775. The maximum atomic E-state index is 7.07. The van der Waals surface area contributed by atoms with Gasteiger partial charge >= 0.3 is 0 Å². The third-order valence-electron chi connectivity index (χ3n) is 0.931. The molecule has 0 radical (unpaired) electrons. The highest BCUT2D eigenvalue weighted by molar-refractivity contribution is 5.85. The van der Waals surface area contributed by atoms with Gasteiger partial charge in [-0.15, -0.1) is 0 Å². The molecule has 0 aliphatic carbocycles. The van der Waals surface area contributed by atoms with Crippen LogP contribution < -0.4 is 5.73 Å². The van der Waals surface area contributed by atoms with E-state index in [4.69, 9.17) is 11.1 Å². The van der Waals surface area contributed by atoms with Crippen molar-refractivity contribution >= 4 is 5.71 Å². The van der Waals surface area contributed by atoms with E-state index in [1.807, 2.05) is 13.8 Å². The zero-order chi connectivity index (χ0) is 5.86. The topological polar surface area (TPSA) is 49.9 Å². The molecule has 0 aliphatic rings. The van der Waals surface area contributed by atoms with Gasteiger partial charge in [0.05, 0.1) is 0 Å². The molecule has 0 heterocycles. The molecule has 0 aromatic heterocycles. The van der Waals surface area contributed by atoms with Gasteiger partial charge in [0.15, 0.2) is 0 Å². The average Bonchev–Trinajstić information content (AvgIpc) is 1.65. The Hall–Kier alpha value is -0.370. The van der Waals surface area contributed by atoms with E-state index in [1.54, 1.807) is 0 Å². The Morgan fingerprint density at radius 3 is 2.29 bits per heavy atom. The van der Waals surface area contributed by atoms with Gasteiger partial charge < -0.3 is 11.1 Å². The largest absolute Gasteiger partial charge is 0.323 e. The van der Waals surface area contributed by atoms with Crippen LogP contribution in [0.5, 0.6) is 0 Å². The third-order valence-corrected chi connectivity index (χ3v) is 0.931. The zero-order valence-corrected chi connectivity index (χ0v) is 4.86. The van der Waals surface area contributed by atoms with Crippen LogP contribution in [0.4, 0.5) is 0 Å². The first-order chi connectivity index (χ1) is 3.18. The fourth-order valence-electron chi connectivity index (χ4n) is 0.322. The van der Waals surface area contributed by atoms with E-state index in [9.17, 15) is 0 Å². The minimum absolute atomic E-state index is 0.0509. The van der Waals surface area contributed by atoms with Crippen LogP contribution in [-0.4, -0.2) is 11.8 Å². The molecular weight excluding hydrogens is 88.1 g/mol. The minimum Gasteiger partial charge on any atom is -0.323 e. The SMILES string of the molecule is CCC(=N)[C@@H](C)N. The Labute approximate surface area is 44.2 Å². The molecule has 0 saturated carbocycles. The highest BCUT2D eigenvalue weighted by Crippen LogP contribution is 1.84. The van der Waals surface area contributed by atoms with Gasteiger partial charge in [0, 0.05) is 11.8 Å². The van der Waals surface area contributed by atoms with Crippen LogP contribution in [-0.2, 0) is 0 Å². The Morgan fingerprint density at radius 1 is 1.86 bits per heavy atom. The van der Waals surface area contributed by atoms with Gasteiger partial charge in [-0.3, -0.25) is 0 Å². The summed E-state index contributed by atoms with van der Waals surface area (Å²) in [6, 6.07) is -0.0509. The standard InChI is InChI=1S/C5H12N2/c1-3-5(7)4(2)6/h4,7H,3,6H2,1-2H3/t4-/m1/s1. The van der Waals surface area contributed by atoms with Crippen molar-refractivity contribution in [3.63, 3.8) is 0 Å². The normalized spacial score (nSPS) is 13.6. The van der Waals surface area contributed by atoms with E-state index in [1.165, 1.54) is 0 Å². The first-order valence-corrected chi connectivity index (χ1v) is 2.51. The fourth-order valence-corrected chi connectivity index (χ4v) is 0.322. The van der Waals surface area contributed by atoms with E-state index in [0.717, 1.165) is 6.42 Å². The maximum absolute atomic E-state index is 7.07. The predicted octanol–water partition coefficient (Wildman–Crippen LogP) is 0.763. The Bertz CT molecular complexity index is 66.5. The van der Waals surface area contributed by atoms with Crippen molar-refractivity contribution < 1.29 is 0 Å². The molecule has 0 bridgehead atoms. The van der Waals surface area contributed by atoms with Gasteiger partial charge in [-0.1, -0.05) is 6.92 Å². The van der Waals surface area contributed by atoms with Crippen LogP contribution in [0.15, 0.2) is 0 Å². The monoisotopic (exact) mass is 100 g/mol. The molecule has 0 saturated heterocycles. The number of nitrogens with one attached hydrogen (secondary N) is 1.